The normalized spacial score (nSPS) is 10.9. The summed E-state index contributed by atoms with van der Waals surface area (Å²) in [6, 6.07) is 11.5. The minimum atomic E-state index is 0.606. The van der Waals surface area contributed by atoms with Crippen LogP contribution in [0.2, 0.25) is 5.02 Å². The molecule has 4 rings (SSSR count). The largest absolute Gasteiger partial charge is 0.346 e. The molecule has 24 heavy (non-hydrogen) atoms. The molecule has 0 saturated carbocycles. The van der Waals surface area contributed by atoms with Gasteiger partial charge in [0.1, 0.15) is 11.5 Å². The molecule has 7 heteroatoms. The van der Waals surface area contributed by atoms with Gasteiger partial charge in [-0.25, -0.2) is 9.97 Å². The van der Waals surface area contributed by atoms with Crippen LogP contribution in [0.3, 0.4) is 0 Å². The Kier molecular flexibility index (Phi) is 3.89. The Morgan fingerprint density at radius 3 is 2.83 bits per heavy atom. The highest BCUT2D eigenvalue weighted by Crippen LogP contribution is 2.27. The van der Waals surface area contributed by atoms with Gasteiger partial charge in [-0.1, -0.05) is 17.7 Å². The summed E-state index contributed by atoms with van der Waals surface area (Å²) in [7, 11) is 2.60. The van der Waals surface area contributed by atoms with E-state index in [2.05, 4.69) is 34.5 Å². The van der Waals surface area contributed by atoms with Gasteiger partial charge in [-0.3, -0.25) is 4.98 Å². The maximum Gasteiger partial charge on any atom is 0.165 e. The van der Waals surface area contributed by atoms with Crippen LogP contribution in [0.15, 0.2) is 55.0 Å². The van der Waals surface area contributed by atoms with Crippen molar-refractivity contribution in [1.82, 2.24) is 19.9 Å². The summed E-state index contributed by atoms with van der Waals surface area (Å²) in [5, 5.41) is 5.87. The van der Waals surface area contributed by atoms with Crippen LogP contribution < -0.4 is 10.6 Å². The van der Waals surface area contributed by atoms with Gasteiger partial charge < -0.3 is 10.3 Å². The van der Waals surface area contributed by atoms with Crippen molar-refractivity contribution < 1.29 is 0 Å². The number of halogens is 1. The molecule has 118 valence electrons. The third kappa shape index (κ3) is 2.84. The maximum atomic E-state index is 6.20. The van der Waals surface area contributed by atoms with Gasteiger partial charge in [0.25, 0.3) is 0 Å². The average molecular weight is 354 g/mol. The van der Waals surface area contributed by atoms with Crippen molar-refractivity contribution in [2.45, 2.75) is 0 Å². The molecular weight excluding hydrogens is 341 g/mol. The molecule has 0 aliphatic heterocycles. The zero-order valence-electron chi connectivity index (χ0n) is 12.5. The first-order valence-electron chi connectivity index (χ1n) is 7.28. The lowest BCUT2D eigenvalue weighted by molar-refractivity contribution is 1.19. The van der Waals surface area contributed by atoms with Gasteiger partial charge in [0.05, 0.1) is 5.39 Å². The highest BCUT2D eigenvalue weighted by molar-refractivity contribution is 7.28. The molecule has 0 aliphatic carbocycles. The standard InChI is InChI=1S/C17H13ClN5P/c18-13-8-11(3-4-14(13)24)21-17-12-5-7-20-16(12)22-15(23-17)10-2-1-6-19-9-10/h1-9H,24H2,(H2,20,21,22,23). The summed E-state index contributed by atoms with van der Waals surface area (Å²) in [4.78, 5) is 16.5. The number of nitrogens with zero attached hydrogens (tertiary/aromatic N) is 3. The van der Waals surface area contributed by atoms with Crippen molar-refractivity contribution in [2.75, 3.05) is 5.32 Å². The smallest absolute Gasteiger partial charge is 0.165 e. The van der Waals surface area contributed by atoms with Crippen LogP contribution in [-0.4, -0.2) is 19.9 Å². The third-order valence-corrected chi connectivity index (χ3v) is 4.61. The molecule has 3 aromatic heterocycles. The van der Waals surface area contributed by atoms with Gasteiger partial charge in [-0.15, -0.1) is 9.24 Å². The molecule has 0 fully saturated rings. The van der Waals surface area contributed by atoms with Crippen LogP contribution in [0.5, 0.6) is 0 Å². The summed E-state index contributed by atoms with van der Waals surface area (Å²) in [5.41, 5.74) is 2.49. The van der Waals surface area contributed by atoms with Crippen molar-refractivity contribution in [3.8, 4) is 11.4 Å². The van der Waals surface area contributed by atoms with Crippen LogP contribution in [0, 0.1) is 0 Å². The fraction of sp³-hybridized carbons (Fsp3) is 0. The molecule has 1 atom stereocenters. The Bertz CT molecular complexity index is 1020. The first kappa shape index (κ1) is 15.1. The predicted octanol–water partition coefficient (Wildman–Crippen LogP) is 3.92. The molecule has 0 amide bonds. The number of nitrogens with one attached hydrogen (secondary N) is 2. The van der Waals surface area contributed by atoms with Gasteiger partial charge in [0.2, 0.25) is 0 Å². The number of rotatable bonds is 3. The lowest BCUT2D eigenvalue weighted by atomic mass is 10.2. The van der Waals surface area contributed by atoms with Crippen molar-refractivity contribution >= 4 is 48.7 Å². The summed E-state index contributed by atoms with van der Waals surface area (Å²) < 4.78 is 0. The number of aromatic nitrogens is 4. The molecule has 1 unspecified atom stereocenters. The van der Waals surface area contributed by atoms with Gasteiger partial charge >= 0.3 is 0 Å². The molecule has 4 aromatic rings. The zero-order valence-corrected chi connectivity index (χ0v) is 14.4. The predicted molar refractivity (Wildman–Crippen MR) is 101 cm³/mol. The molecule has 0 bridgehead atoms. The quantitative estimate of drug-likeness (QED) is 0.548. The van der Waals surface area contributed by atoms with Crippen molar-refractivity contribution in [2.24, 2.45) is 0 Å². The third-order valence-electron chi connectivity index (χ3n) is 3.60. The molecular formula is C17H13ClN5P. The SMILES string of the molecule is Pc1ccc(Nc2nc(-c3cccnc3)nc3[nH]ccc23)cc1Cl. The van der Waals surface area contributed by atoms with Crippen LogP contribution >= 0.6 is 20.8 Å². The van der Waals surface area contributed by atoms with E-state index >= 15 is 0 Å². The van der Waals surface area contributed by atoms with Crippen molar-refractivity contribution in [3.63, 3.8) is 0 Å². The summed E-state index contributed by atoms with van der Waals surface area (Å²) in [6.07, 6.45) is 5.31. The average Bonchev–Trinajstić information content (AvgIpc) is 3.08. The minimum absolute atomic E-state index is 0.606. The van der Waals surface area contributed by atoms with Crippen LogP contribution in [0.1, 0.15) is 0 Å². The van der Waals surface area contributed by atoms with Crippen molar-refractivity contribution in [1.29, 1.82) is 0 Å². The molecule has 2 N–H and O–H groups in total. The molecule has 1 aromatic carbocycles. The van der Waals surface area contributed by atoms with Crippen LogP contribution in [0.4, 0.5) is 11.5 Å². The maximum absolute atomic E-state index is 6.20. The van der Waals surface area contributed by atoms with Crippen molar-refractivity contribution in [3.05, 3.63) is 60.0 Å². The van der Waals surface area contributed by atoms with E-state index in [-0.39, 0.29) is 0 Å². The zero-order chi connectivity index (χ0) is 16.5. The molecule has 0 spiro atoms. The lowest BCUT2D eigenvalue weighted by Gasteiger charge is -2.10. The van der Waals surface area contributed by atoms with Gasteiger partial charge in [0.15, 0.2) is 5.82 Å². The summed E-state index contributed by atoms with van der Waals surface area (Å²) in [6.45, 7) is 0. The Labute approximate surface area is 145 Å². The van der Waals surface area contributed by atoms with E-state index in [1.54, 1.807) is 12.4 Å². The number of pyridine rings is 1. The van der Waals surface area contributed by atoms with E-state index in [0.717, 1.165) is 27.6 Å². The molecule has 3 heterocycles. The number of fused-ring (bicyclic) bond motifs is 1. The van der Waals surface area contributed by atoms with E-state index in [1.165, 1.54) is 0 Å². The molecule has 5 nitrogen and oxygen atoms in total. The van der Waals surface area contributed by atoms with Gasteiger partial charge in [-0.2, -0.15) is 0 Å². The molecule has 0 saturated heterocycles. The molecule has 0 radical (unpaired) electrons. The van der Waals surface area contributed by atoms with Crippen LogP contribution in [-0.2, 0) is 0 Å². The second kappa shape index (κ2) is 6.19. The Morgan fingerprint density at radius 2 is 2.04 bits per heavy atom. The number of hydrogen-bond acceptors (Lipinski definition) is 4. The van der Waals surface area contributed by atoms with E-state index in [0.29, 0.717) is 16.7 Å². The van der Waals surface area contributed by atoms with E-state index in [9.17, 15) is 0 Å². The highest BCUT2D eigenvalue weighted by atomic mass is 35.5. The Balaban J connectivity index is 1.81. The topological polar surface area (TPSA) is 66.5 Å². The second-order valence-corrected chi connectivity index (χ2v) is 6.27. The first-order chi connectivity index (χ1) is 11.7. The Hall–Kier alpha value is -2.49. The summed E-state index contributed by atoms with van der Waals surface area (Å²) in [5.74, 6) is 1.32. The monoisotopic (exact) mass is 353 g/mol. The van der Waals surface area contributed by atoms with Gasteiger partial charge in [0, 0.05) is 34.9 Å². The number of H-pyrrole nitrogens is 1. The lowest BCUT2D eigenvalue weighted by Crippen LogP contribution is -2.00. The summed E-state index contributed by atoms with van der Waals surface area (Å²) >= 11 is 6.20. The Morgan fingerprint density at radius 1 is 1.12 bits per heavy atom. The van der Waals surface area contributed by atoms with E-state index < -0.39 is 0 Å². The number of hydrogen-bond donors (Lipinski definition) is 2. The van der Waals surface area contributed by atoms with E-state index in [1.807, 2.05) is 42.6 Å². The van der Waals surface area contributed by atoms with Crippen LogP contribution in [0.25, 0.3) is 22.4 Å². The number of benzene rings is 1. The highest BCUT2D eigenvalue weighted by Gasteiger charge is 2.11. The molecule has 0 aliphatic rings. The first-order valence-corrected chi connectivity index (χ1v) is 8.24. The minimum Gasteiger partial charge on any atom is -0.346 e. The number of aromatic amines is 1. The fourth-order valence-electron chi connectivity index (χ4n) is 2.40. The van der Waals surface area contributed by atoms with Gasteiger partial charge in [-0.05, 0) is 35.6 Å². The fourth-order valence-corrected chi connectivity index (χ4v) is 2.76. The number of anilines is 2. The van der Waals surface area contributed by atoms with E-state index in [4.69, 9.17) is 11.6 Å². The second-order valence-electron chi connectivity index (χ2n) is 5.24.